The van der Waals surface area contributed by atoms with E-state index < -0.39 is 17.6 Å². The highest BCUT2D eigenvalue weighted by Crippen LogP contribution is 2.31. The van der Waals surface area contributed by atoms with E-state index in [0.717, 1.165) is 5.56 Å². The van der Waals surface area contributed by atoms with E-state index in [0.29, 0.717) is 12.3 Å². The molecule has 2 rings (SSSR count). The molecule has 0 aliphatic carbocycles. The van der Waals surface area contributed by atoms with Crippen molar-refractivity contribution in [2.24, 2.45) is 5.92 Å². The number of nitrogens with one attached hydrogen (secondary N) is 1. The number of rotatable bonds is 4. The van der Waals surface area contributed by atoms with Crippen LogP contribution in [0, 0.1) is 5.92 Å². The Morgan fingerprint density at radius 2 is 1.83 bits per heavy atom. The fourth-order valence-corrected chi connectivity index (χ4v) is 2.47. The molecule has 1 aromatic carbocycles. The van der Waals surface area contributed by atoms with Crippen LogP contribution in [0.15, 0.2) is 42.6 Å². The Hall–Kier alpha value is -2.08. The van der Waals surface area contributed by atoms with Gasteiger partial charge in [0.1, 0.15) is 5.15 Å². The van der Waals surface area contributed by atoms with Crippen LogP contribution in [0.4, 0.5) is 13.2 Å². The molecule has 0 fully saturated rings. The van der Waals surface area contributed by atoms with E-state index in [-0.39, 0.29) is 22.7 Å². The number of nitrogens with zero attached hydrogens (tertiary/aromatic N) is 1. The molecule has 1 heterocycles. The third-order valence-electron chi connectivity index (χ3n) is 3.52. The van der Waals surface area contributed by atoms with Crippen molar-refractivity contribution >= 4 is 17.5 Å². The number of halogens is 4. The summed E-state index contributed by atoms with van der Waals surface area (Å²) < 4.78 is 38.4. The number of hydrogen-bond donors (Lipinski definition) is 1. The third kappa shape index (κ3) is 4.26. The second kappa shape index (κ2) is 7.21. The van der Waals surface area contributed by atoms with Crippen molar-refractivity contribution in [1.29, 1.82) is 0 Å². The zero-order chi connectivity index (χ0) is 17.9. The Morgan fingerprint density at radius 1 is 1.21 bits per heavy atom. The first kappa shape index (κ1) is 18.3. The first-order valence-electron chi connectivity index (χ1n) is 7.28. The van der Waals surface area contributed by atoms with Gasteiger partial charge in [-0.15, -0.1) is 0 Å². The number of amides is 1. The fourth-order valence-electron chi connectivity index (χ4n) is 2.28. The summed E-state index contributed by atoms with van der Waals surface area (Å²) in [6.45, 7) is 3.81. The van der Waals surface area contributed by atoms with Crippen molar-refractivity contribution in [3.05, 3.63) is 64.4 Å². The Morgan fingerprint density at radius 3 is 2.38 bits per heavy atom. The van der Waals surface area contributed by atoms with Gasteiger partial charge >= 0.3 is 6.18 Å². The summed E-state index contributed by atoms with van der Waals surface area (Å²) >= 11 is 5.81. The number of pyridine rings is 1. The summed E-state index contributed by atoms with van der Waals surface area (Å²) in [5.41, 5.74) is -0.456. The lowest BCUT2D eigenvalue weighted by molar-refractivity contribution is -0.137. The van der Waals surface area contributed by atoms with Crippen molar-refractivity contribution < 1.29 is 18.0 Å². The second-order valence-corrected chi connectivity index (χ2v) is 6.02. The van der Waals surface area contributed by atoms with Gasteiger partial charge < -0.3 is 5.32 Å². The molecule has 1 N–H and O–H groups in total. The molecule has 1 amide bonds. The van der Waals surface area contributed by atoms with Crippen LogP contribution in [0.1, 0.15) is 41.4 Å². The normalized spacial score (nSPS) is 13.0. The van der Waals surface area contributed by atoms with Crippen molar-refractivity contribution in [3.63, 3.8) is 0 Å². The average molecular weight is 357 g/mol. The molecular weight excluding hydrogens is 341 g/mol. The Kier molecular flexibility index (Phi) is 5.49. The highest BCUT2D eigenvalue weighted by Gasteiger charge is 2.32. The van der Waals surface area contributed by atoms with E-state index in [1.54, 1.807) is 0 Å². The molecule has 0 saturated carbocycles. The number of aromatic nitrogens is 1. The second-order valence-electron chi connectivity index (χ2n) is 5.67. The number of carbonyl (C=O) groups is 1. The monoisotopic (exact) mass is 356 g/mol. The molecular formula is C17H16ClF3N2O. The van der Waals surface area contributed by atoms with Crippen LogP contribution in [0.3, 0.4) is 0 Å². The zero-order valence-corrected chi connectivity index (χ0v) is 13.8. The van der Waals surface area contributed by atoms with Crippen LogP contribution in [0.25, 0.3) is 0 Å². The predicted octanol–water partition coefficient (Wildman–Crippen LogP) is 4.88. The van der Waals surface area contributed by atoms with Crippen molar-refractivity contribution in [2.75, 3.05) is 0 Å². The van der Waals surface area contributed by atoms with E-state index in [9.17, 15) is 18.0 Å². The molecule has 0 aliphatic rings. The van der Waals surface area contributed by atoms with Gasteiger partial charge in [0.15, 0.2) is 0 Å². The van der Waals surface area contributed by atoms with E-state index in [1.807, 2.05) is 44.2 Å². The molecule has 7 heteroatoms. The van der Waals surface area contributed by atoms with Gasteiger partial charge in [-0.25, -0.2) is 4.98 Å². The molecule has 0 radical (unpaired) electrons. The number of alkyl halides is 3. The lowest BCUT2D eigenvalue weighted by Gasteiger charge is -2.23. The molecule has 2 aromatic rings. The molecule has 24 heavy (non-hydrogen) atoms. The van der Waals surface area contributed by atoms with Gasteiger partial charge in [0.05, 0.1) is 17.2 Å². The van der Waals surface area contributed by atoms with Gasteiger partial charge in [-0.3, -0.25) is 4.79 Å². The summed E-state index contributed by atoms with van der Waals surface area (Å²) in [6, 6.07) is 9.55. The molecule has 1 aromatic heterocycles. The molecule has 3 nitrogen and oxygen atoms in total. The summed E-state index contributed by atoms with van der Waals surface area (Å²) in [5, 5.41) is 2.47. The van der Waals surface area contributed by atoms with Crippen molar-refractivity contribution in [2.45, 2.75) is 26.1 Å². The van der Waals surface area contributed by atoms with E-state index in [1.165, 1.54) is 0 Å². The quantitative estimate of drug-likeness (QED) is 0.793. The Bertz CT molecular complexity index is 718. The summed E-state index contributed by atoms with van der Waals surface area (Å²) in [7, 11) is 0. The van der Waals surface area contributed by atoms with Crippen LogP contribution in [-0.4, -0.2) is 10.9 Å². The molecule has 1 atom stereocenters. The SMILES string of the molecule is CC(C)[C@H](NC(=O)c1cc(C(F)(F)F)cnc1Cl)c1ccccc1. The third-order valence-corrected chi connectivity index (χ3v) is 3.82. The maximum absolute atomic E-state index is 12.8. The van der Waals surface area contributed by atoms with Gasteiger partial charge in [-0.05, 0) is 17.5 Å². The number of carbonyl (C=O) groups excluding carboxylic acids is 1. The van der Waals surface area contributed by atoms with Crippen LogP contribution in [-0.2, 0) is 6.18 Å². The van der Waals surface area contributed by atoms with Crippen molar-refractivity contribution in [1.82, 2.24) is 10.3 Å². The van der Waals surface area contributed by atoms with E-state index in [4.69, 9.17) is 11.6 Å². The highest BCUT2D eigenvalue weighted by atomic mass is 35.5. The smallest absolute Gasteiger partial charge is 0.345 e. The number of hydrogen-bond acceptors (Lipinski definition) is 2. The average Bonchev–Trinajstić information content (AvgIpc) is 2.52. The van der Waals surface area contributed by atoms with E-state index in [2.05, 4.69) is 10.3 Å². The molecule has 0 spiro atoms. The minimum absolute atomic E-state index is 0.0360. The molecule has 0 saturated heterocycles. The van der Waals surface area contributed by atoms with Crippen molar-refractivity contribution in [3.8, 4) is 0 Å². The van der Waals surface area contributed by atoms with Crippen LogP contribution < -0.4 is 5.32 Å². The lowest BCUT2D eigenvalue weighted by atomic mass is 9.95. The molecule has 0 aliphatic heterocycles. The number of benzene rings is 1. The Balaban J connectivity index is 2.31. The summed E-state index contributed by atoms with van der Waals surface area (Å²) in [4.78, 5) is 15.9. The maximum Gasteiger partial charge on any atom is 0.417 e. The van der Waals surface area contributed by atoms with Crippen LogP contribution in [0.2, 0.25) is 5.15 Å². The van der Waals surface area contributed by atoms with Gasteiger partial charge in [-0.2, -0.15) is 13.2 Å². The minimum atomic E-state index is -4.59. The summed E-state index contributed by atoms with van der Waals surface area (Å²) in [6.07, 6.45) is -3.99. The zero-order valence-electron chi connectivity index (χ0n) is 13.1. The van der Waals surface area contributed by atoms with Gasteiger partial charge in [0.2, 0.25) is 0 Å². The standard InChI is InChI=1S/C17H16ClF3N2O/c1-10(2)14(11-6-4-3-5-7-11)23-16(24)13-8-12(17(19,20)21)9-22-15(13)18/h3-10,14H,1-2H3,(H,23,24)/t14-/m0/s1. The largest absolute Gasteiger partial charge is 0.417 e. The maximum atomic E-state index is 12.8. The lowest BCUT2D eigenvalue weighted by Crippen LogP contribution is -2.32. The van der Waals surface area contributed by atoms with Gasteiger partial charge in [0.25, 0.3) is 5.91 Å². The topological polar surface area (TPSA) is 42.0 Å². The minimum Gasteiger partial charge on any atom is -0.345 e. The molecule has 128 valence electrons. The highest BCUT2D eigenvalue weighted by molar-refractivity contribution is 6.32. The molecule has 0 bridgehead atoms. The predicted molar refractivity (Wildman–Crippen MR) is 85.7 cm³/mol. The van der Waals surface area contributed by atoms with E-state index >= 15 is 0 Å². The Labute approximate surface area is 142 Å². The van der Waals surface area contributed by atoms with Crippen LogP contribution >= 0.6 is 11.6 Å². The van der Waals surface area contributed by atoms with Gasteiger partial charge in [0, 0.05) is 6.20 Å². The fraction of sp³-hybridized carbons (Fsp3) is 0.294. The van der Waals surface area contributed by atoms with Crippen LogP contribution in [0.5, 0.6) is 0 Å². The first-order valence-corrected chi connectivity index (χ1v) is 7.66. The first-order chi connectivity index (χ1) is 11.2. The van der Waals surface area contributed by atoms with Gasteiger partial charge in [-0.1, -0.05) is 55.8 Å². The molecule has 0 unspecified atom stereocenters. The summed E-state index contributed by atoms with van der Waals surface area (Å²) in [5.74, 6) is -0.657.